The number of thioether (sulfide) groups is 1. The predicted molar refractivity (Wildman–Crippen MR) is 74.2 cm³/mol. The summed E-state index contributed by atoms with van der Waals surface area (Å²) >= 11 is 1.73. The van der Waals surface area contributed by atoms with E-state index in [2.05, 4.69) is 30.7 Å². The van der Waals surface area contributed by atoms with E-state index in [1.165, 1.54) is 6.42 Å². The highest BCUT2D eigenvalue weighted by Gasteiger charge is 2.05. The Balaban J connectivity index is 2.44. The molecule has 0 bridgehead atoms. The topological polar surface area (TPSA) is 51.8 Å². The van der Waals surface area contributed by atoms with Crippen LogP contribution in [0.4, 0.5) is 0 Å². The average Bonchev–Trinajstić information content (AvgIpc) is 2.37. The molecule has 0 fully saturated rings. The first kappa shape index (κ1) is 14.5. The van der Waals surface area contributed by atoms with Crippen LogP contribution < -0.4 is 5.73 Å². The minimum Gasteiger partial charge on any atom is -0.327 e. The number of hydrogen-bond acceptors (Lipinski definition) is 4. The summed E-state index contributed by atoms with van der Waals surface area (Å²) in [5, 5.41) is 0.874. The zero-order valence-electron chi connectivity index (χ0n) is 11.0. The number of nitrogens with zero attached hydrogens (tertiary/aromatic N) is 2. The second kappa shape index (κ2) is 7.67. The molecule has 4 heteroatoms. The van der Waals surface area contributed by atoms with Crippen molar-refractivity contribution in [2.24, 2.45) is 11.7 Å². The SMILES string of the molecule is CCC(C)CSc1ncc(CC(N)CC)cn1. The van der Waals surface area contributed by atoms with Crippen molar-refractivity contribution in [2.75, 3.05) is 5.75 Å². The Labute approximate surface area is 109 Å². The van der Waals surface area contributed by atoms with Crippen molar-refractivity contribution in [3.05, 3.63) is 18.0 Å². The summed E-state index contributed by atoms with van der Waals surface area (Å²) in [5.41, 5.74) is 7.03. The summed E-state index contributed by atoms with van der Waals surface area (Å²) in [4.78, 5) is 8.74. The van der Waals surface area contributed by atoms with Crippen molar-refractivity contribution in [3.8, 4) is 0 Å². The van der Waals surface area contributed by atoms with Gasteiger partial charge in [-0.3, -0.25) is 0 Å². The van der Waals surface area contributed by atoms with E-state index in [0.29, 0.717) is 0 Å². The summed E-state index contributed by atoms with van der Waals surface area (Å²) in [6, 6.07) is 0.220. The van der Waals surface area contributed by atoms with Crippen LogP contribution in [0.25, 0.3) is 0 Å². The van der Waals surface area contributed by atoms with Gasteiger partial charge in [-0.1, -0.05) is 39.0 Å². The van der Waals surface area contributed by atoms with Gasteiger partial charge >= 0.3 is 0 Å². The maximum Gasteiger partial charge on any atom is 0.187 e. The summed E-state index contributed by atoms with van der Waals surface area (Å²) in [7, 11) is 0. The molecule has 2 atom stereocenters. The zero-order valence-corrected chi connectivity index (χ0v) is 11.8. The molecule has 0 spiro atoms. The lowest BCUT2D eigenvalue weighted by atomic mass is 10.1. The fraction of sp³-hybridized carbons (Fsp3) is 0.692. The molecular weight excluding hydrogens is 230 g/mol. The predicted octanol–water partition coefficient (Wildman–Crippen LogP) is 2.89. The summed E-state index contributed by atoms with van der Waals surface area (Å²) < 4.78 is 0. The second-order valence-corrected chi connectivity index (χ2v) is 5.56. The van der Waals surface area contributed by atoms with Crippen LogP contribution in [0, 0.1) is 5.92 Å². The molecule has 0 radical (unpaired) electrons. The van der Waals surface area contributed by atoms with E-state index in [0.717, 1.165) is 35.2 Å². The lowest BCUT2D eigenvalue weighted by Gasteiger charge is -2.09. The first-order chi connectivity index (χ1) is 8.15. The molecule has 0 saturated heterocycles. The third-order valence-electron chi connectivity index (χ3n) is 2.90. The molecule has 0 aliphatic rings. The Hall–Kier alpha value is -0.610. The van der Waals surface area contributed by atoms with Gasteiger partial charge in [0.2, 0.25) is 0 Å². The van der Waals surface area contributed by atoms with E-state index < -0.39 is 0 Å². The monoisotopic (exact) mass is 253 g/mol. The van der Waals surface area contributed by atoms with Crippen molar-refractivity contribution in [1.82, 2.24) is 9.97 Å². The Kier molecular flexibility index (Phi) is 6.52. The molecule has 0 aliphatic heterocycles. The smallest absolute Gasteiger partial charge is 0.187 e. The van der Waals surface area contributed by atoms with Crippen molar-refractivity contribution in [1.29, 1.82) is 0 Å². The Morgan fingerprint density at radius 2 is 1.88 bits per heavy atom. The summed E-state index contributed by atoms with van der Waals surface area (Å²) in [6.07, 6.45) is 6.87. The highest BCUT2D eigenvalue weighted by Crippen LogP contribution is 2.17. The molecular formula is C13H23N3S. The van der Waals surface area contributed by atoms with Crippen LogP contribution in [0.5, 0.6) is 0 Å². The summed E-state index contributed by atoms with van der Waals surface area (Å²) in [6.45, 7) is 6.56. The summed E-state index contributed by atoms with van der Waals surface area (Å²) in [5.74, 6) is 1.81. The quantitative estimate of drug-likeness (QED) is 0.599. The Morgan fingerprint density at radius 3 is 2.41 bits per heavy atom. The molecule has 2 unspecified atom stereocenters. The zero-order chi connectivity index (χ0) is 12.7. The lowest BCUT2D eigenvalue weighted by molar-refractivity contribution is 0.634. The van der Waals surface area contributed by atoms with E-state index in [1.807, 2.05) is 12.4 Å². The maximum atomic E-state index is 5.90. The highest BCUT2D eigenvalue weighted by atomic mass is 32.2. The van der Waals surface area contributed by atoms with Gasteiger partial charge in [0.1, 0.15) is 0 Å². The minimum absolute atomic E-state index is 0.220. The third-order valence-corrected chi connectivity index (χ3v) is 4.10. The molecule has 0 amide bonds. The van der Waals surface area contributed by atoms with Crippen LogP contribution in [-0.4, -0.2) is 21.8 Å². The number of hydrogen-bond donors (Lipinski definition) is 1. The second-order valence-electron chi connectivity index (χ2n) is 4.57. The van der Waals surface area contributed by atoms with E-state index >= 15 is 0 Å². The van der Waals surface area contributed by atoms with Crippen LogP contribution in [0.1, 0.15) is 39.2 Å². The van der Waals surface area contributed by atoms with E-state index in [9.17, 15) is 0 Å². The molecule has 96 valence electrons. The van der Waals surface area contributed by atoms with Gasteiger partial charge < -0.3 is 5.73 Å². The van der Waals surface area contributed by atoms with Gasteiger partial charge in [0.05, 0.1) is 0 Å². The van der Waals surface area contributed by atoms with Crippen LogP contribution in [0.15, 0.2) is 17.6 Å². The van der Waals surface area contributed by atoms with Crippen molar-refractivity contribution >= 4 is 11.8 Å². The van der Waals surface area contributed by atoms with Gasteiger partial charge in [-0.2, -0.15) is 0 Å². The maximum absolute atomic E-state index is 5.90. The molecule has 1 heterocycles. The van der Waals surface area contributed by atoms with Crippen molar-refractivity contribution in [3.63, 3.8) is 0 Å². The molecule has 17 heavy (non-hydrogen) atoms. The molecule has 0 aliphatic carbocycles. The first-order valence-corrected chi connectivity index (χ1v) is 7.33. The molecule has 1 aromatic rings. The van der Waals surface area contributed by atoms with Crippen LogP contribution in [0.3, 0.4) is 0 Å². The Bertz CT molecular complexity index is 313. The molecule has 0 aromatic carbocycles. The number of nitrogens with two attached hydrogens (primary N) is 1. The average molecular weight is 253 g/mol. The largest absolute Gasteiger partial charge is 0.327 e. The van der Waals surface area contributed by atoms with Gasteiger partial charge in [-0.05, 0) is 24.3 Å². The van der Waals surface area contributed by atoms with E-state index in [1.54, 1.807) is 11.8 Å². The van der Waals surface area contributed by atoms with Gasteiger partial charge in [-0.25, -0.2) is 9.97 Å². The molecule has 1 aromatic heterocycles. The third kappa shape index (κ3) is 5.50. The van der Waals surface area contributed by atoms with Crippen molar-refractivity contribution < 1.29 is 0 Å². The molecule has 2 N–H and O–H groups in total. The van der Waals surface area contributed by atoms with E-state index in [4.69, 9.17) is 5.73 Å². The lowest BCUT2D eigenvalue weighted by Crippen LogP contribution is -2.21. The van der Waals surface area contributed by atoms with E-state index in [-0.39, 0.29) is 6.04 Å². The Morgan fingerprint density at radius 1 is 1.24 bits per heavy atom. The number of aromatic nitrogens is 2. The normalized spacial score (nSPS) is 14.6. The van der Waals surface area contributed by atoms with Gasteiger partial charge in [-0.15, -0.1) is 0 Å². The molecule has 1 rings (SSSR count). The van der Waals surface area contributed by atoms with Crippen LogP contribution in [-0.2, 0) is 6.42 Å². The first-order valence-electron chi connectivity index (χ1n) is 6.35. The molecule has 3 nitrogen and oxygen atoms in total. The van der Waals surface area contributed by atoms with Crippen molar-refractivity contribution in [2.45, 2.75) is 51.2 Å². The van der Waals surface area contributed by atoms with Gasteiger partial charge in [0, 0.05) is 24.2 Å². The highest BCUT2D eigenvalue weighted by molar-refractivity contribution is 7.99. The minimum atomic E-state index is 0.220. The van der Waals surface area contributed by atoms with Crippen LogP contribution >= 0.6 is 11.8 Å². The fourth-order valence-corrected chi connectivity index (χ4v) is 2.23. The molecule has 0 saturated carbocycles. The number of rotatable bonds is 7. The standard InChI is InChI=1S/C13H23N3S/c1-4-10(3)9-17-13-15-7-11(8-16-13)6-12(14)5-2/h7-8,10,12H,4-6,9,14H2,1-3H3. The fourth-order valence-electron chi connectivity index (χ4n) is 1.30. The van der Waals surface area contributed by atoms with Gasteiger partial charge in [0.25, 0.3) is 0 Å². The van der Waals surface area contributed by atoms with Gasteiger partial charge in [0.15, 0.2) is 5.16 Å². The van der Waals surface area contributed by atoms with Crippen LogP contribution in [0.2, 0.25) is 0 Å².